The van der Waals surface area contributed by atoms with Crippen molar-refractivity contribution in [2.24, 2.45) is 0 Å². The van der Waals surface area contributed by atoms with Gasteiger partial charge in [-0.15, -0.1) is 0 Å². The number of nitrogens with zero attached hydrogens (tertiary/aromatic N) is 2. The van der Waals surface area contributed by atoms with Crippen LogP contribution in [-0.2, 0) is 19.4 Å². The Morgan fingerprint density at radius 3 is 2.33 bits per heavy atom. The summed E-state index contributed by atoms with van der Waals surface area (Å²) in [6, 6.07) is 0. The Labute approximate surface area is 90.5 Å². The van der Waals surface area contributed by atoms with E-state index >= 15 is 0 Å². The SMILES string of the molecule is CCc1nn(CC(C)(C)F)c(CC)c1N. The molecule has 0 atom stereocenters. The second-order valence-corrected chi connectivity index (χ2v) is 4.39. The van der Waals surface area contributed by atoms with Crippen LogP contribution in [0.5, 0.6) is 0 Å². The lowest BCUT2D eigenvalue weighted by Gasteiger charge is -2.15. The van der Waals surface area contributed by atoms with Crippen LogP contribution < -0.4 is 5.73 Å². The highest BCUT2D eigenvalue weighted by Crippen LogP contribution is 2.21. The largest absolute Gasteiger partial charge is 0.396 e. The normalized spacial score (nSPS) is 12.1. The fourth-order valence-corrected chi connectivity index (χ4v) is 1.69. The lowest BCUT2D eigenvalue weighted by atomic mass is 10.1. The van der Waals surface area contributed by atoms with Gasteiger partial charge in [-0.25, -0.2) is 4.39 Å². The van der Waals surface area contributed by atoms with Gasteiger partial charge in [-0.3, -0.25) is 4.68 Å². The number of aromatic nitrogens is 2. The zero-order valence-corrected chi connectivity index (χ0v) is 9.97. The van der Waals surface area contributed by atoms with E-state index in [0.717, 1.165) is 29.9 Å². The molecule has 1 heterocycles. The van der Waals surface area contributed by atoms with E-state index in [-0.39, 0.29) is 6.54 Å². The minimum Gasteiger partial charge on any atom is -0.396 e. The average molecular weight is 213 g/mol. The molecule has 0 aliphatic heterocycles. The van der Waals surface area contributed by atoms with Gasteiger partial charge < -0.3 is 5.73 Å². The molecule has 0 amide bonds. The van der Waals surface area contributed by atoms with Crippen molar-refractivity contribution in [3.8, 4) is 0 Å². The molecule has 0 fully saturated rings. The second-order valence-electron chi connectivity index (χ2n) is 4.39. The van der Waals surface area contributed by atoms with Crippen molar-refractivity contribution in [1.82, 2.24) is 9.78 Å². The van der Waals surface area contributed by atoms with Crippen molar-refractivity contribution in [2.45, 2.75) is 52.8 Å². The summed E-state index contributed by atoms with van der Waals surface area (Å²) in [5.41, 5.74) is 7.22. The molecule has 0 bridgehead atoms. The van der Waals surface area contributed by atoms with E-state index < -0.39 is 5.67 Å². The van der Waals surface area contributed by atoms with E-state index in [1.165, 1.54) is 0 Å². The number of halogens is 1. The van der Waals surface area contributed by atoms with E-state index in [9.17, 15) is 4.39 Å². The van der Waals surface area contributed by atoms with E-state index in [0.29, 0.717) is 0 Å². The fourth-order valence-electron chi connectivity index (χ4n) is 1.69. The van der Waals surface area contributed by atoms with Gasteiger partial charge in [0.1, 0.15) is 5.67 Å². The lowest BCUT2D eigenvalue weighted by Crippen LogP contribution is -2.23. The minimum atomic E-state index is -1.26. The van der Waals surface area contributed by atoms with Crippen LogP contribution in [0.15, 0.2) is 0 Å². The van der Waals surface area contributed by atoms with Crippen molar-refractivity contribution < 1.29 is 4.39 Å². The van der Waals surface area contributed by atoms with Crippen LogP contribution in [0.4, 0.5) is 10.1 Å². The molecule has 0 aliphatic carbocycles. The molecule has 0 spiro atoms. The quantitative estimate of drug-likeness (QED) is 0.834. The highest BCUT2D eigenvalue weighted by Gasteiger charge is 2.21. The summed E-state index contributed by atoms with van der Waals surface area (Å²) < 4.78 is 15.2. The predicted molar refractivity (Wildman–Crippen MR) is 60.6 cm³/mol. The topological polar surface area (TPSA) is 43.8 Å². The van der Waals surface area contributed by atoms with Crippen LogP contribution in [0, 0.1) is 0 Å². The van der Waals surface area contributed by atoms with Crippen LogP contribution in [-0.4, -0.2) is 15.4 Å². The summed E-state index contributed by atoms with van der Waals surface area (Å²) in [6.07, 6.45) is 1.58. The third kappa shape index (κ3) is 2.70. The Morgan fingerprint density at radius 1 is 1.33 bits per heavy atom. The van der Waals surface area contributed by atoms with Gasteiger partial charge in [0.15, 0.2) is 0 Å². The standard InChI is InChI=1S/C11H20FN3/c1-5-8-10(13)9(6-2)15(14-8)7-11(3,4)12/h5-7,13H2,1-4H3. The van der Waals surface area contributed by atoms with Crippen molar-refractivity contribution in [1.29, 1.82) is 0 Å². The van der Waals surface area contributed by atoms with E-state index in [1.54, 1.807) is 18.5 Å². The molecule has 15 heavy (non-hydrogen) atoms. The van der Waals surface area contributed by atoms with E-state index in [1.807, 2.05) is 13.8 Å². The highest BCUT2D eigenvalue weighted by atomic mass is 19.1. The molecule has 0 radical (unpaired) electrons. The molecule has 0 saturated carbocycles. The summed E-state index contributed by atoms with van der Waals surface area (Å²) in [5, 5.41) is 4.34. The molecule has 0 aliphatic rings. The van der Waals surface area contributed by atoms with E-state index in [4.69, 9.17) is 5.73 Å². The maximum Gasteiger partial charge on any atom is 0.125 e. The number of nitrogen functional groups attached to an aromatic ring is 1. The molecule has 0 aromatic carbocycles. The first-order chi connectivity index (χ1) is 6.89. The third-order valence-corrected chi connectivity index (χ3v) is 2.37. The number of rotatable bonds is 4. The van der Waals surface area contributed by atoms with Crippen LogP contribution in [0.2, 0.25) is 0 Å². The number of hydrogen-bond donors (Lipinski definition) is 1. The Kier molecular flexibility index (Phi) is 3.37. The molecular weight excluding hydrogens is 193 g/mol. The Morgan fingerprint density at radius 2 is 1.93 bits per heavy atom. The van der Waals surface area contributed by atoms with Crippen molar-refractivity contribution in [2.75, 3.05) is 5.73 Å². The van der Waals surface area contributed by atoms with Crippen LogP contribution in [0.1, 0.15) is 39.1 Å². The predicted octanol–water partition coefficient (Wildman–Crippen LogP) is 2.34. The van der Waals surface area contributed by atoms with Gasteiger partial charge in [-0.2, -0.15) is 5.10 Å². The first kappa shape index (κ1) is 12.0. The molecule has 2 N–H and O–H groups in total. The summed E-state index contributed by atoms with van der Waals surface area (Å²) >= 11 is 0. The summed E-state index contributed by atoms with van der Waals surface area (Å²) in [4.78, 5) is 0. The number of nitrogens with two attached hydrogens (primary N) is 1. The smallest absolute Gasteiger partial charge is 0.125 e. The van der Waals surface area contributed by atoms with Gasteiger partial charge in [0.2, 0.25) is 0 Å². The number of aryl methyl sites for hydroxylation is 1. The number of alkyl halides is 1. The Hall–Kier alpha value is -1.06. The molecular formula is C11H20FN3. The molecule has 3 nitrogen and oxygen atoms in total. The van der Waals surface area contributed by atoms with Gasteiger partial charge in [-0.05, 0) is 26.7 Å². The summed E-state index contributed by atoms with van der Waals surface area (Å²) in [6.45, 7) is 7.38. The van der Waals surface area contributed by atoms with Gasteiger partial charge in [0, 0.05) is 0 Å². The highest BCUT2D eigenvalue weighted by molar-refractivity contribution is 5.48. The van der Waals surface area contributed by atoms with Gasteiger partial charge >= 0.3 is 0 Å². The van der Waals surface area contributed by atoms with Gasteiger partial charge in [-0.1, -0.05) is 13.8 Å². The molecule has 0 unspecified atom stereocenters. The monoisotopic (exact) mass is 213 g/mol. The Bertz CT molecular complexity index is 336. The first-order valence-corrected chi connectivity index (χ1v) is 5.42. The summed E-state index contributed by atoms with van der Waals surface area (Å²) in [5.74, 6) is 0. The zero-order valence-electron chi connectivity index (χ0n) is 9.97. The maximum absolute atomic E-state index is 13.5. The maximum atomic E-state index is 13.5. The van der Waals surface area contributed by atoms with Crippen LogP contribution in [0.3, 0.4) is 0 Å². The van der Waals surface area contributed by atoms with Gasteiger partial charge in [0.05, 0.1) is 23.6 Å². The van der Waals surface area contributed by atoms with Crippen molar-refractivity contribution in [3.63, 3.8) is 0 Å². The lowest BCUT2D eigenvalue weighted by molar-refractivity contribution is 0.177. The Balaban J connectivity index is 3.07. The van der Waals surface area contributed by atoms with Crippen molar-refractivity contribution >= 4 is 5.69 Å². The molecule has 86 valence electrons. The average Bonchev–Trinajstić information content (AvgIpc) is 2.39. The first-order valence-electron chi connectivity index (χ1n) is 5.42. The molecule has 0 saturated heterocycles. The molecule has 1 aromatic rings. The van der Waals surface area contributed by atoms with Crippen molar-refractivity contribution in [3.05, 3.63) is 11.4 Å². The third-order valence-electron chi connectivity index (χ3n) is 2.37. The number of hydrogen-bond acceptors (Lipinski definition) is 2. The van der Waals surface area contributed by atoms with Crippen LogP contribution in [0.25, 0.3) is 0 Å². The zero-order chi connectivity index (χ0) is 11.6. The second kappa shape index (κ2) is 4.21. The van der Waals surface area contributed by atoms with Crippen LogP contribution >= 0.6 is 0 Å². The number of anilines is 1. The molecule has 1 aromatic heterocycles. The minimum absolute atomic E-state index is 0.264. The fraction of sp³-hybridized carbons (Fsp3) is 0.727. The van der Waals surface area contributed by atoms with Gasteiger partial charge in [0.25, 0.3) is 0 Å². The van der Waals surface area contributed by atoms with E-state index in [2.05, 4.69) is 5.10 Å². The summed E-state index contributed by atoms with van der Waals surface area (Å²) in [7, 11) is 0. The molecule has 1 rings (SSSR count). The molecule has 4 heteroatoms.